The molecule has 3 aromatic rings. The molecule has 0 radical (unpaired) electrons. The SMILES string of the molecule is Oc1ccc(C2CCN(CC(c3ccccc3)c3ccccc3)CC2)cc1. The molecule has 0 atom stereocenters. The number of likely N-dealkylation sites (tertiary alicyclic amines) is 1. The van der Waals surface area contributed by atoms with E-state index < -0.39 is 0 Å². The van der Waals surface area contributed by atoms with Crippen LogP contribution in [-0.2, 0) is 0 Å². The van der Waals surface area contributed by atoms with E-state index in [-0.39, 0.29) is 0 Å². The third kappa shape index (κ3) is 4.40. The third-order valence-corrected chi connectivity index (χ3v) is 5.80. The molecule has 0 spiro atoms. The summed E-state index contributed by atoms with van der Waals surface area (Å²) >= 11 is 0. The molecule has 0 saturated carbocycles. The maximum Gasteiger partial charge on any atom is 0.115 e. The quantitative estimate of drug-likeness (QED) is 0.660. The number of piperidine rings is 1. The van der Waals surface area contributed by atoms with Crippen molar-refractivity contribution in [3.8, 4) is 5.75 Å². The number of aromatic hydroxyl groups is 1. The summed E-state index contributed by atoms with van der Waals surface area (Å²) in [5.74, 6) is 1.37. The molecular weight excluding hydrogens is 330 g/mol. The molecule has 27 heavy (non-hydrogen) atoms. The van der Waals surface area contributed by atoms with Crippen molar-refractivity contribution >= 4 is 0 Å². The molecule has 3 aromatic carbocycles. The Morgan fingerprint density at radius 1 is 0.741 bits per heavy atom. The summed E-state index contributed by atoms with van der Waals surface area (Å²) in [6.45, 7) is 3.32. The van der Waals surface area contributed by atoms with Crippen LogP contribution in [0.3, 0.4) is 0 Å². The molecule has 1 aliphatic heterocycles. The molecule has 0 amide bonds. The monoisotopic (exact) mass is 357 g/mol. The Kier molecular flexibility index (Phi) is 5.55. The van der Waals surface area contributed by atoms with Crippen molar-refractivity contribution in [2.75, 3.05) is 19.6 Å². The van der Waals surface area contributed by atoms with Gasteiger partial charge in [-0.25, -0.2) is 0 Å². The van der Waals surface area contributed by atoms with E-state index in [1.165, 1.54) is 29.5 Å². The van der Waals surface area contributed by atoms with Crippen LogP contribution < -0.4 is 0 Å². The highest BCUT2D eigenvalue weighted by atomic mass is 16.3. The van der Waals surface area contributed by atoms with Gasteiger partial charge in [-0.15, -0.1) is 0 Å². The van der Waals surface area contributed by atoms with Gasteiger partial charge in [0.2, 0.25) is 0 Å². The number of hydrogen-bond acceptors (Lipinski definition) is 2. The Balaban J connectivity index is 1.44. The summed E-state index contributed by atoms with van der Waals surface area (Å²) < 4.78 is 0. The van der Waals surface area contributed by atoms with Crippen molar-refractivity contribution in [2.24, 2.45) is 0 Å². The average molecular weight is 357 g/mol. The van der Waals surface area contributed by atoms with Gasteiger partial charge < -0.3 is 10.0 Å². The van der Waals surface area contributed by atoms with Crippen molar-refractivity contribution in [3.63, 3.8) is 0 Å². The normalized spacial score (nSPS) is 15.9. The standard InChI is InChI=1S/C25H27NO/c27-24-13-11-20(12-14-24)21-15-17-26(18-16-21)19-25(22-7-3-1-4-8-22)23-9-5-2-6-10-23/h1-14,21,25,27H,15-19H2. The van der Waals surface area contributed by atoms with Gasteiger partial charge in [0.15, 0.2) is 0 Å². The van der Waals surface area contributed by atoms with Crippen LogP contribution in [0.2, 0.25) is 0 Å². The fourth-order valence-corrected chi connectivity index (χ4v) is 4.23. The van der Waals surface area contributed by atoms with Crippen LogP contribution in [-0.4, -0.2) is 29.6 Å². The number of hydrogen-bond donors (Lipinski definition) is 1. The molecule has 1 heterocycles. The Bertz CT molecular complexity index is 782. The first kappa shape index (κ1) is 17.8. The van der Waals surface area contributed by atoms with Gasteiger partial charge in [0, 0.05) is 12.5 Å². The highest BCUT2D eigenvalue weighted by Gasteiger charge is 2.24. The summed E-state index contributed by atoms with van der Waals surface area (Å²) in [5, 5.41) is 9.50. The highest BCUT2D eigenvalue weighted by Crippen LogP contribution is 2.32. The summed E-state index contributed by atoms with van der Waals surface area (Å²) in [7, 11) is 0. The second-order valence-corrected chi connectivity index (χ2v) is 7.54. The maximum atomic E-state index is 9.50. The van der Waals surface area contributed by atoms with Gasteiger partial charge in [0.1, 0.15) is 5.75 Å². The van der Waals surface area contributed by atoms with Crippen LogP contribution in [0.15, 0.2) is 84.9 Å². The largest absolute Gasteiger partial charge is 0.508 e. The van der Waals surface area contributed by atoms with Gasteiger partial charge in [0.25, 0.3) is 0 Å². The first-order valence-electron chi connectivity index (χ1n) is 9.91. The zero-order valence-electron chi connectivity index (χ0n) is 15.7. The topological polar surface area (TPSA) is 23.5 Å². The van der Waals surface area contributed by atoms with Crippen molar-refractivity contribution in [3.05, 3.63) is 102 Å². The summed E-state index contributed by atoms with van der Waals surface area (Å²) in [4.78, 5) is 2.61. The average Bonchev–Trinajstić information content (AvgIpc) is 2.74. The number of rotatable bonds is 5. The molecule has 1 saturated heterocycles. The minimum atomic E-state index is 0.352. The summed E-state index contributed by atoms with van der Waals surface area (Å²) in [6.07, 6.45) is 2.36. The Morgan fingerprint density at radius 3 is 1.78 bits per heavy atom. The lowest BCUT2D eigenvalue weighted by atomic mass is 9.87. The number of phenolic OH excluding ortho intramolecular Hbond substituents is 1. The zero-order chi connectivity index (χ0) is 18.5. The van der Waals surface area contributed by atoms with Crippen molar-refractivity contribution in [2.45, 2.75) is 24.7 Å². The molecule has 0 aliphatic carbocycles. The van der Waals surface area contributed by atoms with Gasteiger partial charge in [-0.1, -0.05) is 72.8 Å². The van der Waals surface area contributed by atoms with Gasteiger partial charge in [0.05, 0.1) is 0 Å². The van der Waals surface area contributed by atoms with Crippen LogP contribution in [0.1, 0.15) is 41.4 Å². The number of phenols is 1. The molecular formula is C25H27NO. The fraction of sp³-hybridized carbons (Fsp3) is 0.280. The van der Waals surface area contributed by atoms with Crippen LogP contribution in [0.5, 0.6) is 5.75 Å². The second kappa shape index (κ2) is 8.41. The first-order valence-corrected chi connectivity index (χ1v) is 9.91. The smallest absolute Gasteiger partial charge is 0.115 e. The lowest BCUT2D eigenvalue weighted by Gasteiger charge is -2.35. The van der Waals surface area contributed by atoms with Crippen molar-refractivity contribution in [1.82, 2.24) is 4.90 Å². The number of nitrogens with zero attached hydrogens (tertiary/aromatic N) is 1. The molecule has 0 unspecified atom stereocenters. The predicted molar refractivity (Wildman–Crippen MR) is 111 cm³/mol. The van der Waals surface area contributed by atoms with Gasteiger partial charge >= 0.3 is 0 Å². The number of benzene rings is 3. The molecule has 2 heteroatoms. The maximum absolute atomic E-state index is 9.50. The Morgan fingerprint density at radius 2 is 1.26 bits per heavy atom. The van der Waals surface area contributed by atoms with Crippen LogP contribution in [0, 0.1) is 0 Å². The lowest BCUT2D eigenvalue weighted by Crippen LogP contribution is -2.36. The molecule has 1 N–H and O–H groups in total. The van der Waals surface area contributed by atoms with Gasteiger partial charge in [-0.2, -0.15) is 0 Å². The van der Waals surface area contributed by atoms with E-state index in [1.54, 1.807) is 0 Å². The van der Waals surface area contributed by atoms with Crippen molar-refractivity contribution in [1.29, 1.82) is 0 Å². The molecule has 2 nitrogen and oxygen atoms in total. The van der Waals surface area contributed by atoms with Crippen LogP contribution in [0.4, 0.5) is 0 Å². The second-order valence-electron chi connectivity index (χ2n) is 7.54. The van der Waals surface area contributed by atoms with E-state index in [4.69, 9.17) is 0 Å². The highest BCUT2D eigenvalue weighted by molar-refractivity contribution is 5.33. The predicted octanol–water partition coefficient (Wildman–Crippen LogP) is 5.40. The summed E-state index contributed by atoms with van der Waals surface area (Å²) in [6, 6.07) is 29.5. The lowest BCUT2D eigenvalue weighted by molar-refractivity contribution is 0.206. The molecule has 138 valence electrons. The van der Waals surface area contributed by atoms with Crippen molar-refractivity contribution < 1.29 is 5.11 Å². The van der Waals surface area contributed by atoms with E-state index >= 15 is 0 Å². The molecule has 0 bridgehead atoms. The van der Waals surface area contributed by atoms with E-state index in [9.17, 15) is 5.11 Å². The van der Waals surface area contributed by atoms with Crippen LogP contribution in [0.25, 0.3) is 0 Å². The Labute approximate surface area is 162 Å². The Hall–Kier alpha value is -2.58. The van der Waals surface area contributed by atoms with E-state index in [0.29, 0.717) is 17.6 Å². The third-order valence-electron chi connectivity index (χ3n) is 5.80. The summed E-state index contributed by atoms with van der Waals surface area (Å²) in [5.41, 5.74) is 4.14. The van der Waals surface area contributed by atoms with Crippen LogP contribution >= 0.6 is 0 Å². The van der Waals surface area contributed by atoms with Gasteiger partial charge in [-0.05, 0) is 60.7 Å². The van der Waals surface area contributed by atoms with Gasteiger partial charge in [-0.3, -0.25) is 0 Å². The minimum Gasteiger partial charge on any atom is -0.508 e. The van der Waals surface area contributed by atoms with E-state index in [1.807, 2.05) is 12.1 Å². The zero-order valence-corrected chi connectivity index (χ0v) is 15.7. The molecule has 0 aromatic heterocycles. The molecule has 1 fully saturated rings. The van der Waals surface area contributed by atoms with E-state index in [0.717, 1.165) is 19.6 Å². The van der Waals surface area contributed by atoms with E-state index in [2.05, 4.69) is 77.7 Å². The fourth-order valence-electron chi connectivity index (χ4n) is 4.23. The molecule has 1 aliphatic rings. The minimum absolute atomic E-state index is 0.352. The first-order chi connectivity index (χ1) is 13.3. The molecule has 4 rings (SSSR count).